The molecule has 1 saturated carbocycles. The number of nitrogens with zero attached hydrogens (tertiary/aromatic N) is 2. The number of para-hydroxylation sites is 1. The molecule has 5 heterocycles. The summed E-state index contributed by atoms with van der Waals surface area (Å²) in [5.41, 5.74) is 3.63. The molecule has 40 heavy (non-hydrogen) atoms. The summed E-state index contributed by atoms with van der Waals surface area (Å²) < 4.78 is 7.17. The average Bonchev–Trinajstić information content (AvgIpc) is 3.67. The van der Waals surface area contributed by atoms with E-state index in [0.717, 1.165) is 49.6 Å². The maximum atomic E-state index is 13.9. The number of piperidine rings is 3. The van der Waals surface area contributed by atoms with Gasteiger partial charge in [-0.3, -0.25) is 4.79 Å². The highest BCUT2D eigenvalue weighted by molar-refractivity contribution is 6.42. The molecule has 2 aromatic rings. The van der Waals surface area contributed by atoms with Gasteiger partial charge in [-0.15, -0.1) is 0 Å². The van der Waals surface area contributed by atoms with E-state index in [9.17, 15) is 4.79 Å². The Balaban J connectivity index is 1.11. The van der Waals surface area contributed by atoms with Crippen LogP contribution in [0.4, 0.5) is 0 Å². The predicted octanol–water partition coefficient (Wildman–Crippen LogP) is 7.68. The van der Waals surface area contributed by atoms with Crippen LogP contribution < -0.4 is 4.74 Å². The number of carbonyl (C=O) groups is 1. The molecule has 0 radical (unpaired) electrons. The molecular weight excluding hydrogens is 539 g/mol. The number of likely N-dealkylation sites (tertiary alicyclic amines) is 1. The third-order valence-corrected chi connectivity index (χ3v) is 12.6. The number of benzene rings is 2. The highest BCUT2D eigenvalue weighted by Gasteiger charge is 2.53. The number of hydrogen-bond donors (Lipinski definition) is 0. The Morgan fingerprint density at radius 3 is 2.50 bits per heavy atom. The number of quaternary nitrogens is 1. The van der Waals surface area contributed by atoms with Gasteiger partial charge in [0.1, 0.15) is 5.75 Å². The van der Waals surface area contributed by atoms with Gasteiger partial charge in [-0.2, -0.15) is 0 Å². The van der Waals surface area contributed by atoms with Crippen molar-refractivity contribution in [1.82, 2.24) is 4.90 Å². The number of amides is 1. The van der Waals surface area contributed by atoms with E-state index in [-0.39, 0.29) is 11.3 Å². The fourth-order valence-corrected chi connectivity index (χ4v) is 9.51. The minimum absolute atomic E-state index is 0.0981. The summed E-state index contributed by atoms with van der Waals surface area (Å²) in [5.74, 6) is 1.87. The van der Waals surface area contributed by atoms with Gasteiger partial charge in [-0.05, 0) is 59.9 Å². The van der Waals surface area contributed by atoms with Crippen LogP contribution in [0.3, 0.4) is 0 Å². The summed E-state index contributed by atoms with van der Waals surface area (Å²) in [7, 11) is 0. The molecule has 1 unspecified atom stereocenters. The normalized spacial score (nSPS) is 31.8. The van der Waals surface area contributed by atoms with Crippen molar-refractivity contribution >= 4 is 29.1 Å². The summed E-state index contributed by atoms with van der Waals surface area (Å²) in [5, 5.41) is 1.20. The van der Waals surface area contributed by atoms with Crippen LogP contribution in [0.5, 0.6) is 5.75 Å². The van der Waals surface area contributed by atoms with Crippen molar-refractivity contribution < 1.29 is 14.0 Å². The molecule has 6 heteroatoms. The first-order chi connectivity index (χ1) is 19.4. The molecule has 5 fully saturated rings. The molecule has 0 spiro atoms. The Labute approximate surface area is 249 Å². The Morgan fingerprint density at radius 2 is 1.75 bits per heavy atom. The summed E-state index contributed by atoms with van der Waals surface area (Å²) in [4.78, 5) is 15.9. The van der Waals surface area contributed by atoms with Crippen LogP contribution in [0, 0.1) is 11.3 Å². The van der Waals surface area contributed by atoms with Crippen molar-refractivity contribution in [2.24, 2.45) is 11.3 Å². The van der Waals surface area contributed by atoms with Gasteiger partial charge in [-0.25, -0.2) is 0 Å². The molecule has 6 aliphatic rings. The van der Waals surface area contributed by atoms with Crippen molar-refractivity contribution in [2.75, 3.05) is 45.9 Å². The number of hydrogen-bond acceptors (Lipinski definition) is 2. The standard InChI is InChI=1S/C34H43Cl2N2O2/c35-29-10-9-27(23-30(29)36)34(12-17-37(24-34)32(39)28-8-4-5-25-11-22-40-31(25)28)16-21-38-18-13-33(14-19-38,15-20-38)26-6-2-1-3-7-26/h4-5,8-10,23,26H,1-3,6-7,11-22,24H2/q+1. The van der Waals surface area contributed by atoms with E-state index in [0.29, 0.717) is 27.6 Å². The third-order valence-electron chi connectivity index (χ3n) is 11.9. The van der Waals surface area contributed by atoms with E-state index >= 15 is 0 Å². The smallest absolute Gasteiger partial charge is 0.257 e. The summed E-state index contributed by atoms with van der Waals surface area (Å²) >= 11 is 12.9. The van der Waals surface area contributed by atoms with Crippen molar-refractivity contribution in [3.63, 3.8) is 0 Å². The molecule has 214 valence electrons. The quantitative estimate of drug-likeness (QED) is 0.327. The number of fused-ring (bicyclic) bond motifs is 4. The average molecular weight is 583 g/mol. The fraction of sp³-hybridized carbons (Fsp3) is 0.618. The van der Waals surface area contributed by atoms with Gasteiger partial charge in [0.25, 0.3) is 5.91 Å². The second kappa shape index (κ2) is 10.5. The zero-order valence-corrected chi connectivity index (χ0v) is 25.2. The molecule has 0 N–H and O–H groups in total. The Hall–Kier alpha value is -1.75. The Kier molecular flexibility index (Phi) is 7.12. The Bertz CT molecular complexity index is 1260. The van der Waals surface area contributed by atoms with Crippen LogP contribution in [-0.4, -0.2) is 61.2 Å². The zero-order valence-electron chi connectivity index (χ0n) is 23.7. The molecule has 8 rings (SSSR count). The summed E-state index contributed by atoms with van der Waals surface area (Å²) in [6.45, 7) is 7.34. The van der Waals surface area contributed by atoms with Crippen LogP contribution in [0.25, 0.3) is 0 Å². The van der Waals surface area contributed by atoms with E-state index < -0.39 is 0 Å². The van der Waals surface area contributed by atoms with Gasteiger partial charge in [0, 0.05) is 50.6 Å². The van der Waals surface area contributed by atoms with Crippen LogP contribution in [0.1, 0.15) is 85.7 Å². The Morgan fingerprint density at radius 1 is 0.975 bits per heavy atom. The fourth-order valence-electron chi connectivity index (χ4n) is 9.21. The van der Waals surface area contributed by atoms with Crippen LogP contribution in [0.15, 0.2) is 36.4 Å². The lowest BCUT2D eigenvalue weighted by Gasteiger charge is -2.58. The van der Waals surface area contributed by atoms with E-state index in [1.807, 2.05) is 18.2 Å². The summed E-state index contributed by atoms with van der Waals surface area (Å²) in [6.07, 6.45) is 14.5. The largest absolute Gasteiger partial charge is 0.492 e. The maximum absolute atomic E-state index is 13.9. The molecular formula is C34H43Cl2N2O2+. The number of rotatable bonds is 6. The maximum Gasteiger partial charge on any atom is 0.257 e. The molecule has 1 amide bonds. The van der Waals surface area contributed by atoms with Gasteiger partial charge in [-0.1, -0.05) is 60.7 Å². The van der Waals surface area contributed by atoms with Crippen LogP contribution >= 0.6 is 23.2 Å². The molecule has 2 aromatic carbocycles. The van der Waals surface area contributed by atoms with E-state index in [2.05, 4.69) is 23.1 Å². The van der Waals surface area contributed by atoms with Crippen molar-refractivity contribution in [3.8, 4) is 5.75 Å². The number of ether oxygens (including phenoxy) is 1. The molecule has 1 aliphatic carbocycles. The highest BCUT2D eigenvalue weighted by atomic mass is 35.5. The van der Waals surface area contributed by atoms with E-state index in [1.165, 1.54) is 87.6 Å². The second-order valence-electron chi connectivity index (χ2n) is 13.7. The lowest BCUT2D eigenvalue weighted by atomic mass is 9.59. The van der Waals surface area contributed by atoms with Gasteiger partial charge in [0.2, 0.25) is 0 Å². The van der Waals surface area contributed by atoms with Gasteiger partial charge in [0.15, 0.2) is 0 Å². The summed E-state index contributed by atoms with van der Waals surface area (Å²) in [6, 6.07) is 12.2. The lowest BCUT2D eigenvalue weighted by Crippen LogP contribution is -2.64. The molecule has 2 bridgehead atoms. The van der Waals surface area contributed by atoms with Crippen molar-refractivity contribution in [3.05, 3.63) is 63.1 Å². The predicted molar refractivity (Wildman–Crippen MR) is 162 cm³/mol. The van der Waals surface area contributed by atoms with Gasteiger partial charge >= 0.3 is 0 Å². The minimum Gasteiger partial charge on any atom is -0.492 e. The van der Waals surface area contributed by atoms with Crippen molar-refractivity contribution in [2.45, 2.75) is 76.0 Å². The first-order valence-corrected chi connectivity index (χ1v) is 16.5. The monoisotopic (exact) mass is 581 g/mol. The third kappa shape index (κ3) is 4.67. The zero-order chi connectivity index (χ0) is 27.4. The number of halogens is 2. The first-order valence-electron chi connectivity index (χ1n) is 15.8. The van der Waals surface area contributed by atoms with E-state index in [1.54, 1.807) is 0 Å². The first kappa shape index (κ1) is 27.1. The molecule has 0 aromatic heterocycles. The molecule has 4 nitrogen and oxygen atoms in total. The SMILES string of the molecule is O=C(c1cccc2c1OCC2)N1CCC(CC[N+]23CCC(C4CCCCC4)(CC2)CC3)(c2ccc(Cl)c(Cl)c2)C1. The van der Waals surface area contributed by atoms with Gasteiger partial charge < -0.3 is 14.1 Å². The minimum atomic E-state index is -0.106. The van der Waals surface area contributed by atoms with Crippen LogP contribution in [0.2, 0.25) is 10.0 Å². The molecule has 5 aliphatic heterocycles. The topological polar surface area (TPSA) is 29.5 Å². The molecule has 4 saturated heterocycles. The second-order valence-corrected chi connectivity index (χ2v) is 14.5. The molecule has 1 atom stereocenters. The van der Waals surface area contributed by atoms with Crippen molar-refractivity contribution in [1.29, 1.82) is 0 Å². The van der Waals surface area contributed by atoms with Gasteiger partial charge in [0.05, 0.1) is 48.4 Å². The van der Waals surface area contributed by atoms with E-state index in [4.69, 9.17) is 27.9 Å². The highest BCUT2D eigenvalue weighted by Crippen LogP contribution is 2.54. The lowest BCUT2D eigenvalue weighted by molar-refractivity contribution is -0.946. The number of carbonyl (C=O) groups excluding carboxylic acids is 1. The van der Waals surface area contributed by atoms with Crippen LogP contribution in [-0.2, 0) is 11.8 Å².